The maximum absolute atomic E-state index is 12.2. The molecule has 128 valence electrons. The summed E-state index contributed by atoms with van der Waals surface area (Å²) in [5, 5.41) is 0. The predicted octanol–water partition coefficient (Wildman–Crippen LogP) is 3.66. The summed E-state index contributed by atoms with van der Waals surface area (Å²) in [7, 11) is 2.02. The highest BCUT2D eigenvalue weighted by Crippen LogP contribution is 2.65. The van der Waals surface area contributed by atoms with Gasteiger partial charge in [-0.1, -0.05) is 20.8 Å². The van der Waals surface area contributed by atoms with Gasteiger partial charge in [0, 0.05) is 32.4 Å². The number of carbonyl (C=O) groups is 2. The lowest BCUT2D eigenvalue weighted by atomic mass is 9.45. The zero-order chi connectivity index (χ0) is 16.6. The summed E-state index contributed by atoms with van der Waals surface area (Å²) >= 11 is 0. The predicted molar refractivity (Wildman–Crippen MR) is 89.7 cm³/mol. The first-order chi connectivity index (χ1) is 10.8. The Morgan fingerprint density at radius 1 is 1.13 bits per heavy atom. The van der Waals surface area contributed by atoms with Crippen LogP contribution in [0.4, 0.5) is 0 Å². The average Bonchev–Trinajstić information content (AvgIpc) is 2.80. The molecule has 0 radical (unpaired) electrons. The van der Waals surface area contributed by atoms with Crippen LogP contribution in [0.5, 0.6) is 0 Å². The number of likely N-dealkylation sites (tertiary alicyclic amines) is 1. The topological polar surface area (TPSA) is 37.4 Å². The fourth-order valence-corrected chi connectivity index (χ4v) is 7.25. The Kier molecular flexibility index (Phi) is 3.29. The van der Waals surface area contributed by atoms with Crippen molar-refractivity contribution in [3.63, 3.8) is 0 Å². The molecule has 3 saturated carbocycles. The Bertz CT molecular complexity index is 558. The lowest BCUT2D eigenvalue weighted by Crippen LogP contribution is -2.62. The summed E-state index contributed by atoms with van der Waals surface area (Å²) in [5.74, 6) is 3.41. The Balaban J connectivity index is 1.71. The van der Waals surface area contributed by atoms with Crippen LogP contribution in [-0.2, 0) is 9.59 Å². The van der Waals surface area contributed by atoms with E-state index in [0.717, 1.165) is 25.7 Å². The minimum absolute atomic E-state index is 0.256. The largest absolute Gasteiger partial charge is 0.342 e. The third-order valence-electron chi connectivity index (χ3n) is 8.50. The number of carbonyl (C=O) groups excluding carboxylic acids is 2. The van der Waals surface area contributed by atoms with Crippen LogP contribution in [-0.4, -0.2) is 29.7 Å². The molecule has 2 unspecified atom stereocenters. The summed E-state index contributed by atoms with van der Waals surface area (Å²) in [6, 6.07) is 0.404. The minimum Gasteiger partial charge on any atom is -0.342 e. The fourth-order valence-electron chi connectivity index (χ4n) is 7.25. The van der Waals surface area contributed by atoms with Crippen LogP contribution in [0.25, 0.3) is 0 Å². The molecule has 1 amide bonds. The van der Waals surface area contributed by atoms with Crippen LogP contribution < -0.4 is 0 Å². The molecule has 3 aliphatic carbocycles. The molecule has 4 rings (SSSR count). The van der Waals surface area contributed by atoms with Gasteiger partial charge in [0.05, 0.1) is 0 Å². The molecule has 0 N–H and O–H groups in total. The average molecular weight is 317 g/mol. The minimum atomic E-state index is 0.256. The molecular weight excluding hydrogens is 286 g/mol. The number of piperidine rings is 1. The van der Waals surface area contributed by atoms with Gasteiger partial charge in [-0.2, -0.15) is 0 Å². The molecule has 7 atom stereocenters. The first-order valence-electron chi connectivity index (χ1n) is 9.53. The van der Waals surface area contributed by atoms with Crippen LogP contribution in [0, 0.1) is 34.5 Å². The molecule has 0 spiro atoms. The van der Waals surface area contributed by atoms with E-state index in [-0.39, 0.29) is 10.8 Å². The van der Waals surface area contributed by atoms with E-state index in [9.17, 15) is 9.59 Å². The first kappa shape index (κ1) is 15.7. The maximum Gasteiger partial charge on any atom is 0.222 e. The van der Waals surface area contributed by atoms with Gasteiger partial charge in [0.25, 0.3) is 0 Å². The van der Waals surface area contributed by atoms with Crippen molar-refractivity contribution in [1.82, 2.24) is 4.90 Å². The first-order valence-corrected chi connectivity index (χ1v) is 9.53. The molecule has 3 nitrogen and oxygen atoms in total. The Labute approximate surface area is 140 Å². The summed E-state index contributed by atoms with van der Waals surface area (Å²) in [6.07, 6.45) is 6.97. The van der Waals surface area contributed by atoms with Gasteiger partial charge in [-0.15, -0.1) is 0 Å². The SMILES string of the molecule is CC1CC2N(C)C(=O)CC[C@]2(C)[C@@H]2CC[C@]3(C)CC(=O)C[C@H]3[C@H]12. The van der Waals surface area contributed by atoms with Gasteiger partial charge < -0.3 is 4.90 Å². The monoisotopic (exact) mass is 317 g/mol. The molecule has 1 saturated heterocycles. The third kappa shape index (κ3) is 2.01. The molecule has 1 heterocycles. The highest BCUT2D eigenvalue weighted by Gasteiger charge is 2.61. The highest BCUT2D eigenvalue weighted by atomic mass is 16.2. The zero-order valence-electron chi connectivity index (χ0n) is 15.1. The molecule has 4 aliphatic rings. The summed E-state index contributed by atoms with van der Waals surface area (Å²) in [5.41, 5.74) is 0.513. The van der Waals surface area contributed by atoms with Gasteiger partial charge >= 0.3 is 0 Å². The van der Waals surface area contributed by atoms with Crippen molar-refractivity contribution in [2.24, 2.45) is 34.5 Å². The van der Waals surface area contributed by atoms with Crippen LogP contribution in [0.2, 0.25) is 0 Å². The Morgan fingerprint density at radius 3 is 2.61 bits per heavy atom. The van der Waals surface area contributed by atoms with Crippen molar-refractivity contribution in [2.75, 3.05) is 7.05 Å². The van der Waals surface area contributed by atoms with Crippen molar-refractivity contribution in [1.29, 1.82) is 0 Å². The molecule has 23 heavy (non-hydrogen) atoms. The van der Waals surface area contributed by atoms with Crippen LogP contribution in [0.15, 0.2) is 0 Å². The van der Waals surface area contributed by atoms with Gasteiger partial charge in [0.2, 0.25) is 5.91 Å². The third-order valence-corrected chi connectivity index (χ3v) is 8.50. The number of fused-ring (bicyclic) bond motifs is 5. The van der Waals surface area contributed by atoms with Gasteiger partial charge in [-0.3, -0.25) is 9.59 Å². The second kappa shape index (κ2) is 4.83. The van der Waals surface area contributed by atoms with E-state index in [1.165, 1.54) is 12.8 Å². The Morgan fingerprint density at radius 2 is 1.87 bits per heavy atom. The van der Waals surface area contributed by atoms with Crippen LogP contribution in [0.1, 0.15) is 65.7 Å². The van der Waals surface area contributed by atoms with E-state index in [1.807, 2.05) is 7.05 Å². The quantitative estimate of drug-likeness (QED) is 0.683. The van der Waals surface area contributed by atoms with Crippen molar-refractivity contribution in [2.45, 2.75) is 71.8 Å². The molecule has 3 heteroatoms. The molecule has 4 fully saturated rings. The maximum atomic E-state index is 12.2. The van der Waals surface area contributed by atoms with E-state index in [4.69, 9.17) is 0 Å². The van der Waals surface area contributed by atoms with E-state index >= 15 is 0 Å². The number of rotatable bonds is 0. The second-order valence-electron chi connectivity index (χ2n) is 9.64. The van der Waals surface area contributed by atoms with Gasteiger partial charge in [0.1, 0.15) is 5.78 Å². The molecule has 0 bridgehead atoms. The lowest BCUT2D eigenvalue weighted by molar-refractivity contribution is -0.164. The second-order valence-corrected chi connectivity index (χ2v) is 9.64. The normalized spacial score (nSPS) is 52.9. The van der Waals surface area contributed by atoms with E-state index < -0.39 is 0 Å². The molecule has 0 aromatic rings. The number of hydrogen-bond donors (Lipinski definition) is 0. The molecule has 0 aromatic carbocycles. The summed E-state index contributed by atoms with van der Waals surface area (Å²) in [4.78, 5) is 26.5. The van der Waals surface area contributed by atoms with E-state index in [2.05, 4.69) is 25.7 Å². The summed E-state index contributed by atoms with van der Waals surface area (Å²) in [6.45, 7) is 7.21. The van der Waals surface area contributed by atoms with E-state index in [1.54, 1.807) is 0 Å². The van der Waals surface area contributed by atoms with Gasteiger partial charge in [-0.25, -0.2) is 0 Å². The molecule has 1 aliphatic heterocycles. The van der Waals surface area contributed by atoms with Crippen molar-refractivity contribution in [3.8, 4) is 0 Å². The molecule has 0 aromatic heterocycles. The lowest BCUT2D eigenvalue weighted by Gasteiger charge is -2.63. The zero-order valence-corrected chi connectivity index (χ0v) is 15.1. The number of amides is 1. The summed E-state index contributed by atoms with van der Waals surface area (Å²) < 4.78 is 0. The number of hydrogen-bond acceptors (Lipinski definition) is 2. The number of nitrogens with zero attached hydrogens (tertiary/aromatic N) is 1. The van der Waals surface area contributed by atoms with Crippen molar-refractivity contribution in [3.05, 3.63) is 0 Å². The fraction of sp³-hybridized carbons (Fsp3) is 0.900. The van der Waals surface area contributed by atoms with E-state index in [0.29, 0.717) is 47.8 Å². The van der Waals surface area contributed by atoms with Crippen molar-refractivity contribution < 1.29 is 9.59 Å². The highest BCUT2D eigenvalue weighted by molar-refractivity contribution is 5.82. The van der Waals surface area contributed by atoms with Gasteiger partial charge in [-0.05, 0) is 60.2 Å². The van der Waals surface area contributed by atoms with Gasteiger partial charge in [0.15, 0.2) is 0 Å². The van der Waals surface area contributed by atoms with Crippen LogP contribution in [0.3, 0.4) is 0 Å². The Hall–Kier alpha value is -0.860. The molecular formula is C20H31NO2. The standard InChI is InChI=1S/C20H31NO2/c1-12-9-16-20(3,8-6-17(23)21(16)4)14-5-7-19(2)11-13(22)10-15(19)18(12)14/h12,14-16,18H,5-11H2,1-4H3/t12?,14-,15+,16?,18-,19-,20-/m1/s1. The number of ketones is 1. The smallest absolute Gasteiger partial charge is 0.222 e. The van der Waals surface area contributed by atoms with Crippen molar-refractivity contribution >= 4 is 11.7 Å². The number of Topliss-reactive ketones (excluding diaryl/α,β-unsaturated/α-hetero) is 1. The van der Waals surface area contributed by atoms with Crippen LogP contribution >= 0.6 is 0 Å².